The summed E-state index contributed by atoms with van der Waals surface area (Å²) in [5.74, 6) is 1.64. The molecule has 0 spiro atoms. The Kier molecular flexibility index (Phi) is 10.4. The number of hydrogen-bond donors (Lipinski definition) is 0. The number of carbonyl (C=O) groups excluding carboxylic acids is 1. The number of thiazole rings is 1. The van der Waals surface area contributed by atoms with E-state index in [2.05, 4.69) is 48.8 Å². The van der Waals surface area contributed by atoms with Gasteiger partial charge in [-0.2, -0.15) is 0 Å². The minimum absolute atomic E-state index is 0.0727. The van der Waals surface area contributed by atoms with Crippen molar-refractivity contribution in [3.05, 3.63) is 149 Å². The summed E-state index contributed by atoms with van der Waals surface area (Å²) in [7, 11) is 1.57. The first-order valence-electron chi connectivity index (χ1n) is 16.1. The zero-order valence-electron chi connectivity index (χ0n) is 28.4. The summed E-state index contributed by atoms with van der Waals surface area (Å²) in [4.78, 5) is 33.0. The van der Waals surface area contributed by atoms with E-state index in [4.69, 9.17) is 23.9 Å². The number of ether oxygens (including phenoxy) is 4. The van der Waals surface area contributed by atoms with Crippen molar-refractivity contribution in [2.24, 2.45) is 4.99 Å². The van der Waals surface area contributed by atoms with Crippen LogP contribution in [0.5, 0.6) is 23.0 Å². The molecule has 8 nitrogen and oxygen atoms in total. The van der Waals surface area contributed by atoms with Gasteiger partial charge in [-0.1, -0.05) is 92.8 Å². The molecule has 1 aliphatic rings. The molecule has 2 heterocycles. The fraction of sp³-hybridized carbons (Fsp3) is 0.225. The molecule has 4 aromatic carbocycles. The van der Waals surface area contributed by atoms with Gasteiger partial charge >= 0.3 is 5.97 Å². The second-order valence-corrected chi connectivity index (χ2v) is 14.6. The molecule has 0 saturated carbocycles. The SMILES string of the molecule is COc1cc(/C=c2\sc3n(c2=O)[C@@H](c2ccccc2)C(C(=O)Oc2ccccc2)=C(C)N=3)cc(Br)c1OCCOc1ccc(C(C)(C)C)cc1. The molecule has 256 valence electrons. The van der Waals surface area contributed by atoms with Crippen LogP contribution in [0.3, 0.4) is 0 Å². The van der Waals surface area contributed by atoms with Crippen molar-refractivity contribution in [3.8, 4) is 23.0 Å². The Morgan fingerprint density at radius 1 is 0.920 bits per heavy atom. The topological polar surface area (TPSA) is 88.4 Å². The minimum atomic E-state index is -0.721. The molecule has 0 N–H and O–H groups in total. The van der Waals surface area contributed by atoms with Gasteiger partial charge in [-0.25, -0.2) is 9.79 Å². The Morgan fingerprint density at radius 2 is 1.58 bits per heavy atom. The second kappa shape index (κ2) is 14.9. The summed E-state index contributed by atoms with van der Waals surface area (Å²) in [6.45, 7) is 8.93. The summed E-state index contributed by atoms with van der Waals surface area (Å²) in [5.41, 5.74) is 3.32. The first-order chi connectivity index (χ1) is 24.0. The van der Waals surface area contributed by atoms with Gasteiger partial charge in [-0.3, -0.25) is 9.36 Å². The molecule has 1 aromatic heterocycles. The summed E-state index contributed by atoms with van der Waals surface area (Å²) in [6.07, 6.45) is 1.79. The van der Waals surface area contributed by atoms with Gasteiger partial charge in [0.05, 0.1) is 33.4 Å². The van der Waals surface area contributed by atoms with E-state index in [1.54, 1.807) is 48.9 Å². The van der Waals surface area contributed by atoms with E-state index in [1.807, 2.05) is 60.7 Å². The molecule has 0 aliphatic carbocycles. The molecule has 50 heavy (non-hydrogen) atoms. The number of esters is 1. The van der Waals surface area contributed by atoms with Crippen LogP contribution in [0.1, 0.15) is 50.4 Å². The number of halogens is 1. The van der Waals surface area contributed by atoms with E-state index >= 15 is 0 Å². The lowest BCUT2D eigenvalue weighted by Crippen LogP contribution is -2.40. The number of benzene rings is 4. The second-order valence-electron chi connectivity index (χ2n) is 12.7. The quantitative estimate of drug-likeness (QED) is 0.0842. The Balaban J connectivity index is 1.26. The zero-order chi connectivity index (χ0) is 35.4. The molecule has 0 fully saturated rings. The van der Waals surface area contributed by atoms with Crippen LogP contribution in [0.2, 0.25) is 0 Å². The summed E-state index contributed by atoms with van der Waals surface area (Å²) in [5, 5.41) is 0. The molecular weight excluding hydrogens is 716 g/mol. The first kappa shape index (κ1) is 34.9. The van der Waals surface area contributed by atoms with E-state index in [0.717, 1.165) is 16.9 Å². The van der Waals surface area contributed by atoms with Crippen LogP contribution in [0.4, 0.5) is 0 Å². The molecule has 1 aliphatic heterocycles. The molecule has 0 bridgehead atoms. The van der Waals surface area contributed by atoms with E-state index in [1.165, 1.54) is 16.9 Å². The number of methoxy groups -OCH3 is 1. The summed E-state index contributed by atoms with van der Waals surface area (Å²) >= 11 is 4.88. The lowest BCUT2D eigenvalue weighted by molar-refractivity contribution is -0.130. The average Bonchev–Trinajstić information content (AvgIpc) is 3.40. The average molecular weight is 754 g/mol. The first-order valence-corrected chi connectivity index (χ1v) is 17.7. The van der Waals surface area contributed by atoms with Crippen LogP contribution in [0.15, 0.2) is 123 Å². The van der Waals surface area contributed by atoms with Crippen molar-refractivity contribution in [3.63, 3.8) is 0 Å². The number of allylic oxidation sites excluding steroid dienone is 1. The Morgan fingerprint density at radius 3 is 2.24 bits per heavy atom. The van der Waals surface area contributed by atoms with Crippen molar-refractivity contribution in [1.82, 2.24) is 4.57 Å². The highest BCUT2D eigenvalue weighted by Crippen LogP contribution is 2.37. The smallest absolute Gasteiger partial charge is 0.343 e. The molecule has 0 saturated heterocycles. The van der Waals surface area contributed by atoms with E-state index < -0.39 is 12.0 Å². The lowest BCUT2D eigenvalue weighted by atomic mass is 9.87. The Labute approximate surface area is 303 Å². The van der Waals surface area contributed by atoms with Crippen LogP contribution in [0, 0.1) is 0 Å². The van der Waals surface area contributed by atoms with Gasteiger partial charge in [-0.15, -0.1) is 0 Å². The maximum absolute atomic E-state index is 14.1. The third-order valence-electron chi connectivity index (χ3n) is 8.18. The third-order valence-corrected chi connectivity index (χ3v) is 9.75. The molecule has 5 aromatic rings. The summed E-state index contributed by atoms with van der Waals surface area (Å²) < 4.78 is 26.1. The molecule has 6 rings (SSSR count). The number of hydrogen-bond acceptors (Lipinski definition) is 8. The third kappa shape index (κ3) is 7.61. The largest absolute Gasteiger partial charge is 0.493 e. The molecule has 0 amide bonds. The van der Waals surface area contributed by atoms with Crippen molar-refractivity contribution in [2.45, 2.75) is 39.2 Å². The maximum atomic E-state index is 14.1. The fourth-order valence-corrected chi connectivity index (χ4v) is 7.27. The van der Waals surface area contributed by atoms with Crippen LogP contribution >= 0.6 is 27.3 Å². The normalized spacial score (nSPS) is 14.5. The van der Waals surface area contributed by atoms with Gasteiger partial charge in [0.25, 0.3) is 5.56 Å². The van der Waals surface area contributed by atoms with Crippen molar-refractivity contribution in [2.75, 3.05) is 20.3 Å². The monoisotopic (exact) mass is 752 g/mol. The van der Waals surface area contributed by atoms with Crippen molar-refractivity contribution >= 4 is 39.3 Å². The highest BCUT2D eigenvalue weighted by Gasteiger charge is 2.33. The van der Waals surface area contributed by atoms with Gasteiger partial charge in [0.15, 0.2) is 16.3 Å². The van der Waals surface area contributed by atoms with E-state index in [-0.39, 0.29) is 11.0 Å². The van der Waals surface area contributed by atoms with Gasteiger partial charge in [0.1, 0.15) is 24.7 Å². The predicted octanol–water partition coefficient (Wildman–Crippen LogP) is 7.37. The Hall–Kier alpha value is -4.93. The number of aromatic nitrogens is 1. The fourth-order valence-electron chi connectivity index (χ4n) is 5.65. The van der Waals surface area contributed by atoms with E-state index in [0.29, 0.717) is 55.5 Å². The molecule has 1 atom stereocenters. The van der Waals surface area contributed by atoms with Gasteiger partial charge < -0.3 is 18.9 Å². The van der Waals surface area contributed by atoms with Crippen LogP contribution in [-0.4, -0.2) is 30.9 Å². The maximum Gasteiger partial charge on any atom is 0.343 e. The van der Waals surface area contributed by atoms with Crippen LogP contribution in [-0.2, 0) is 10.2 Å². The molecule has 10 heteroatoms. The van der Waals surface area contributed by atoms with Gasteiger partial charge in [0, 0.05) is 0 Å². The van der Waals surface area contributed by atoms with Gasteiger partial charge in [-0.05, 0) is 87.4 Å². The summed E-state index contributed by atoms with van der Waals surface area (Å²) in [6, 6.07) is 29.3. The standard InChI is InChI=1S/C40H37BrN2O6S/c1-25-34(38(45)49-30-14-10-7-11-15-30)35(27-12-8-6-9-13-27)43-37(44)33(50-39(43)42-25)24-26-22-31(41)36(32(23-26)46-5)48-21-20-47-29-18-16-28(17-19-29)40(2,3)4/h6-19,22-24,35H,20-21H2,1-5H3/b33-24-/t35-/m0/s1. The Bertz CT molecular complexity index is 2220. The molecule has 0 unspecified atom stereocenters. The molecular formula is C40H37BrN2O6S. The van der Waals surface area contributed by atoms with Crippen LogP contribution < -0.4 is 33.8 Å². The number of para-hydroxylation sites is 1. The number of nitrogens with zero attached hydrogens (tertiary/aromatic N) is 2. The number of fused-ring (bicyclic) bond motifs is 1. The highest BCUT2D eigenvalue weighted by atomic mass is 79.9. The zero-order valence-corrected chi connectivity index (χ0v) is 30.8. The minimum Gasteiger partial charge on any atom is -0.493 e. The number of carbonyl (C=O) groups is 1. The van der Waals surface area contributed by atoms with Crippen molar-refractivity contribution in [1.29, 1.82) is 0 Å². The lowest BCUT2D eigenvalue weighted by Gasteiger charge is -2.24. The highest BCUT2D eigenvalue weighted by molar-refractivity contribution is 9.10. The van der Waals surface area contributed by atoms with Gasteiger partial charge in [0.2, 0.25) is 0 Å². The molecule has 0 radical (unpaired) electrons. The van der Waals surface area contributed by atoms with Crippen molar-refractivity contribution < 1.29 is 23.7 Å². The van der Waals surface area contributed by atoms with Crippen LogP contribution in [0.25, 0.3) is 6.08 Å². The predicted molar refractivity (Wildman–Crippen MR) is 199 cm³/mol. The van der Waals surface area contributed by atoms with E-state index in [9.17, 15) is 9.59 Å². The number of rotatable bonds is 10.